The van der Waals surface area contributed by atoms with Gasteiger partial charge in [-0.15, -0.1) is 0 Å². The Labute approximate surface area is 281 Å². The zero-order valence-electron chi connectivity index (χ0n) is 27.8. The van der Waals surface area contributed by atoms with Gasteiger partial charge in [-0.1, -0.05) is 71.8 Å². The maximum Gasteiger partial charge on any atom is 0.343 e. The summed E-state index contributed by atoms with van der Waals surface area (Å²) in [6.45, 7) is 7.37. The molecule has 0 N–H and O–H groups in total. The Bertz CT molecular complexity index is 1720. The van der Waals surface area contributed by atoms with Crippen molar-refractivity contribution >= 4 is 29.5 Å². The Morgan fingerprint density at radius 2 is 1.48 bits per heavy atom. The van der Waals surface area contributed by atoms with Crippen LogP contribution in [0.4, 0.5) is 5.69 Å². The molecule has 5 rings (SSSR count). The number of cyclic esters (lactones) is 1. The van der Waals surface area contributed by atoms with Crippen molar-refractivity contribution in [2.45, 2.75) is 71.6 Å². The second-order valence-corrected chi connectivity index (χ2v) is 12.6. The molecule has 1 fully saturated rings. The Hall–Kier alpha value is -5.24. The first-order valence-corrected chi connectivity index (χ1v) is 16.2. The van der Waals surface area contributed by atoms with Crippen LogP contribution in [-0.4, -0.2) is 42.1 Å². The third-order valence-corrected chi connectivity index (χ3v) is 8.65. The van der Waals surface area contributed by atoms with Crippen molar-refractivity contribution < 1.29 is 33.4 Å². The standard InChI is InChI=1S/C40H41NO7/c1-27(2)15-14-16-28(3)23-35-40(26-37(43)47-35)25-34(46-29(4)42)33(24-36(40)48-39(45)31-19-10-6-11-20-31)41(32-21-12-7-13-22-32)38(44)30-17-8-5-9-18-30/h5-13,15,17-24,33-35H,14,16,25-26H2,1-4H3/b28-23+/t33-,34+,35-,40-/m1/s1. The first-order valence-electron chi connectivity index (χ1n) is 16.2. The van der Waals surface area contributed by atoms with Crippen molar-refractivity contribution in [2.24, 2.45) is 5.41 Å². The quantitative estimate of drug-likeness (QED) is 0.126. The van der Waals surface area contributed by atoms with E-state index in [2.05, 4.69) is 6.08 Å². The summed E-state index contributed by atoms with van der Waals surface area (Å²) in [6, 6.07) is 25.5. The van der Waals surface area contributed by atoms with E-state index >= 15 is 0 Å². The van der Waals surface area contributed by atoms with Crippen LogP contribution in [-0.2, 0) is 23.8 Å². The normalized spacial score (nSPS) is 21.9. The molecule has 1 spiro atoms. The summed E-state index contributed by atoms with van der Waals surface area (Å²) in [5.41, 5.74) is 2.32. The Balaban J connectivity index is 1.67. The molecule has 1 aliphatic carbocycles. The number of rotatable bonds is 10. The first kappa shape index (κ1) is 34.1. The fourth-order valence-electron chi connectivity index (χ4n) is 6.37. The summed E-state index contributed by atoms with van der Waals surface area (Å²) in [5.74, 6) is -1.77. The zero-order chi connectivity index (χ0) is 34.3. The van der Waals surface area contributed by atoms with Crippen molar-refractivity contribution in [1.29, 1.82) is 0 Å². The van der Waals surface area contributed by atoms with E-state index < -0.39 is 41.6 Å². The summed E-state index contributed by atoms with van der Waals surface area (Å²) >= 11 is 0. The summed E-state index contributed by atoms with van der Waals surface area (Å²) in [6.07, 6.45) is 5.50. The van der Waals surface area contributed by atoms with Gasteiger partial charge < -0.3 is 14.2 Å². The number of amides is 1. The number of nitrogens with zero attached hydrogens (tertiary/aromatic N) is 1. The molecule has 48 heavy (non-hydrogen) atoms. The molecule has 0 bridgehead atoms. The molecule has 3 aromatic carbocycles. The van der Waals surface area contributed by atoms with E-state index in [1.54, 1.807) is 77.7 Å². The molecule has 4 atom stereocenters. The molecule has 1 saturated heterocycles. The summed E-state index contributed by atoms with van der Waals surface area (Å²) in [7, 11) is 0. The smallest absolute Gasteiger partial charge is 0.343 e. The maximum absolute atomic E-state index is 14.3. The molecule has 2 aliphatic rings. The molecule has 8 nitrogen and oxygen atoms in total. The Kier molecular flexibility index (Phi) is 10.7. The van der Waals surface area contributed by atoms with Crippen LogP contribution in [0.3, 0.4) is 0 Å². The van der Waals surface area contributed by atoms with Crippen molar-refractivity contribution in [3.05, 3.63) is 137 Å². The predicted octanol–water partition coefficient (Wildman–Crippen LogP) is 7.77. The van der Waals surface area contributed by atoms with E-state index in [9.17, 15) is 19.2 Å². The van der Waals surface area contributed by atoms with Crippen LogP contribution >= 0.6 is 0 Å². The van der Waals surface area contributed by atoms with Gasteiger partial charge in [0.25, 0.3) is 5.91 Å². The van der Waals surface area contributed by atoms with E-state index in [0.29, 0.717) is 16.8 Å². The SMILES string of the molecule is CC(=O)O[C@H]1C[C@]2(CC(=O)O[C@@H]2/C=C(\C)CCC=C(C)C)C(OC(=O)c2ccccc2)=C[C@H]1N(C(=O)c1ccccc1)c1ccccc1. The van der Waals surface area contributed by atoms with Gasteiger partial charge in [0.1, 0.15) is 18.0 Å². The lowest BCUT2D eigenvalue weighted by atomic mass is 9.68. The van der Waals surface area contributed by atoms with E-state index in [0.717, 1.165) is 18.4 Å². The molecule has 0 aromatic heterocycles. The molecule has 0 unspecified atom stereocenters. The topological polar surface area (TPSA) is 99.2 Å². The zero-order valence-corrected chi connectivity index (χ0v) is 27.8. The fraction of sp³-hybridized carbons (Fsp3) is 0.300. The largest absolute Gasteiger partial charge is 0.460 e. The number of esters is 3. The molecule has 8 heteroatoms. The number of anilines is 1. The third-order valence-electron chi connectivity index (χ3n) is 8.65. The molecule has 3 aromatic rings. The number of ether oxygens (including phenoxy) is 3. The van der Waals surface area contributed by atoms with Crippen LogP contribution in [0, 0.1) is 5.41 Å². The lowest BCUT2D eigenvalue weighted by molar-refractivity contribution is -0.150. The number of hydrogen-bond donors (Lipinski definition) is 0. The van der Waals surface area contributed by atoms with Gasteiger partial charge in [-0.3, -0.25) is 19.3 Å². The van der Waals surface area contributed by atoms with Crippen molar-refractivity contribution in [3.63, 3.8) is 0 Å². The van der Waals surface area contributed by atoms with Crippen LogP contribution in [0.1, 0.15) is 74.1 Å². The van der Waals surface area contributed by atoms with Gasteiger partial charge in [0.05, 0.1) is 23.4 Å². The number of allylic oxidation sites excluding steroid dienone is 3. The van der Waals surface area contributed by atoms with Gasteiger partial charge in [-0.2, -0.15) is 0 Å². The summed E-state index contributed by atoms with van der Waals surface area (Å²) in [4.78, 5) is 55.3. The maximum atomic E-state index is 14.3. The minimum Gasteiger partial charge on any atom is -0.460 e. The summed E-state index contributed by atoms with van der Waals surface area (Å²) in [5, 5.41) is 0. The lowest BCUT2D eigenvalue weighted by Gasteiger charge is -2.45. The predicted molar refractivity (Wildman–Crippen MR) is 183 cm³/mol. The molecular weight excluding hydrogens is 606 g/mol. The van der Waals surface area contributed by atoms with E-state index in [4.69, 9.17) is 14.2 Å². The molecule has 1 amide bonds. The van der Waals surface area contributed by atoms with Crippen molar-refractivity contribution in [2.75, 3.05) is 4.90 Å². The van der Waals surface area contributed by atoms with Crippen LogP contribution in [0.5, 0.6) is 0 Å². The average Bonchev–Trinajstić information content (AvgIpc) is 3.37. The van der Waals surface area contributed by atoms with Gasteiger partial charge in [-0.25, -0.2) is 4.79 Å². The molecule has 0 radical (unpaired) electrons. The number of benzene rings is 3. The first-order chi connectivity index (χ1) is 23.1. The van der Waals surface area contributed by atoms with E-state index in [-0.39, 0.29) is 24.5 Å². The van der Waals surface area contributed by atoms with Crippen LogP contribution in [0.25, 0.3) is 0 Å². The highest BCUT2D eigenvalue weighted by Gasteiger charge is 2.58. The second-order valence-electron chi connectivity index (χ2n) is 12.6. The van der Waals surface area contributed by atoms with Gasteiger partial charge in [0.15, 0.2) is 0 Å². The number of carbonyl (C=O) groups excluding carboxylic acids is 4. The minimum atomic E-state index is -1.19. The molecule has 248 valence electrons. The molecular formula is C40H41NO7. The third kappa shape index (κ3) is 7.82. The molecule has 0 saturated carbocycles. The molecule has 1 aliphatic heterocycles. The van der Waals surface area contributed by atoms with Gasteiger partial charge in [-0.05, 0) is 82.2 Å². The van der Waals surface area contributed by atoms with Crippen LogP contribution in [0.2, 0.25) is 0 Å². The van der Waals surface area contributed by atoms with Gasteiger partial charge in [0.2, 0.25) is 0 Å². The number of carbonyl (C=O) groups is 4. The highest BCUT2D eigenvalue weighted by Crippen LogP contribution is 2.52. The number of para-hydroxylation sites is 1. The van der Waals surface area contributed by atoms with Crippen LogP contribution in [0.15, 0.2) is 126 Å². The second kappa shape index (κ2) is 15.1. The monoisotopic (exact) mass is 647 g/mol. The summed E-state index contributed by atoms with van der Waals surface area (Å²) < 4.78 is 18.1. The van der Waals surface area contributed by atoms with E-state index in [1.807, 2.05) is 51.1 Å². The van der Waals surface area contributed by atoms with Crippen molar-refractivity contribution in [1.82, 2.24) is 0 Å². The van der Waals surface area contributed by atoms with E-state index in [1.165, 1.54) is 12.5 Å². The average molecular weight is 648 g/mol. The van der Waals surface area contributed by atoms with Gasteiger partial charge >= 0.3 is 17.9 Å². The Morgan fingerprint density at radius 1 is 0.875 bits per heavy atom. The highest BCUT2D eigenvalue weighted by atomic mass is 16.6. The van der Waals surface area contributed by atoms with Crippen LogP contribution < -0.4 is 4.90 Å². The minimum absolute atomic E-state index is 0.0602. The van der Waals surface area contributed by atoms with Gasteiger partial charge in [0, 0.05) is 24.6 Å². The highest BCUT2D eigenvalue weighted by molar-refractivity contribution is 6.07. The lowest BCUT2D eigenvalue weighted by Crippen LogP contribution is -2.54. The number of hydrogen-bond acceptors (Lipinski definition) is 7. The fourth-order valence-corrected chi connectivity index (χ4v) is 6.37. The molecule has 1 heterocycles. The Morgan fingerprint density at radius 3 is 2.08 bits per heavy atom. The van der Waals surface area contributed by atoms with Crippen molar-refractivity contribution in [3.8, 4) is 0 Å².